The average Bonchev–Trinajstić information content (AvgIpc) is 2.80. The molecule has 30 heavy (non-hydrogen) atoms. The number of carbonyl (C=O) groups excluding carboxylic acids is 1. The van der Waals surface area contributed by atoms with Gasteiger partial charge in [-0.1, -0.05) is 42.5 Å². The third kappa shape index (κ3) is 3.06. The Bertz CT molecular complexity index is 1280. The van der Waals surface area contributed by atoms with E-state index in [1.807, 2.05) is 83.8 Å². The molecule has 5 heteroatoms. The van der Waals surface area contributed by atoms with Crippen LogP contribution in [0.2, 0.25) is 0 Å². The fourth-order valence-electron chi connectivity index (χ4n) is 3.84. The van der Waals surface area contributed by atoms with Gasteiger partial charge >= 0.3 is 0 Å². The van der Waals surface area contributed by atoms with E-state index in [4.69, 9.17) is 0 Å². The Morgan fingerprint density at radius 3 is 2.60 bits per heavy atom. The van der Waals surface area contributed by atoms with Gasteiger partial charge in [-0.3, -0.25) is 9.78 Å². The molecule has 0 radical (unpaired) electrons. The summed E-state index contributed by atoms with van der Waals surface area (Å²) in [7, 11) is 0. The van der Waals surface area contributed by atoms with Crippen molar-refractivity contribution >= 4 is 39.5 Å². The van der Waals surface area contributed by atoms with Crippen molar-refractivity contribution in [1.82, 2.24) is 4.98 Å². The number of nitrogens with zero attached hydrogens (tertiary/aromatic N) is 2. The van der Waals surface area contributed by atoms with E-state index in [1.54, 1.807) is 12.4 Å². The summed E-state index contributed by atoms with van der Waals surface area (Å²) in [6, 6.07) is 25.0. The van der Waals surface area contributed by atoms with Crippen LogP contribution in [0.1, 0.15) is 5.56 Å². The second-order valence-electron chi connectivity index (χ2n) is 7.12. The van der Waals surface area contributed by atoms with Gasteiger partial charge in [0.15, 0.2) is 0 Å². The molecule has 4 aromatic rings. The number of fused-ring (bicyclic) bond motifs is 2. The SMILES string of the molecule is O=C(Nc1cccc2cnccc12)C1=C(O)c2ccccc2N(c2ccccc2)C1. The number of pyridine rings is 1. The first-order valence-corrected chi connectivity index (χ1v) is 9.70. The zero-order chi connectivity index (χ0) is 20.5. The predicted octanol–water partition coefficient (Wildman–Crippen LogP) is 5.29. The van der Waals surface area contributed by atoms with Crippen LogP contribution in [0.5, 0.6) is 0 Å². The molecule has 1 aliphatic rings. The summed E-state index contributed by atoms with van der Waals surface area (Å²) in [4.78, 5) is 19.4. The van der Waals surface area contributed by atoms with Crippen molar-refractivity contribution in [3.63, 3.8) is 0 Å². The number of aliphatic hydroxyl groups excluding tert-OH is 1. The molecule has 0 bridgehead atoms. The predicted molar refractivity (Wildman–Crippen MR) is 120 cm³/mol. The number of para-hydroxylation sites is 2. The van der Waals surface area contributed by atoms with Crippen LogP contribution >= 0.6 is 0 Å². The quantitative estimate of drug-likeness (QED) is 0.496. The number of amides is 1. The van der Waals surface area contributed by atoms with Gasteiger partial charge < -0.3 is 15.3 Å². The first-order valence-electron chi connectivity index (χ1n) is 9.70. The zero-order valence-electron chi connectivity index (χ0n) is 16.1. The standard InChI is InChI=1S/C25H19N3O2/c29-24-20-10-4-5-12-23(20)28(18-8-2-1-3-9-18)16-21(24)25(30)27-22-11-6-7-17-15-26-14-13-19(17)22/h1-15,29H,16H2,(H,27,30). The van der Waals surface area contributed by atoms with Crippen molar-refractivity contribution in [2.45, 2.75) is 0 Å². The lowest BCUT2D eigenvalue weighted by Crippen LogP contribution is -2.31. The van der Waals surface area contributed by atoms with Crippen molar-refractivity contribution in [2.75, 3.05) is 16.8 Å². The topological polar surface area (TPSA) is 65.5 Å². The van der Waals surface area contributed by atoms with Gasteiger partial charge in [0.25, 0.3) is 5.91 Å². The van der Waals surface area contributed by atoms with Crippen LogP contribution in [0.25, 0.3) is 16.5 Å². The largest absolute Gasteiger partial charge is 0.507 e. The van der Waals surface area contributed by atoms with E-state index in [2.05, 4.69) is 10.3 Å². The minimum atomic E-state index is -0.327. The van der Waals surface area contributed by atoms with Crippen molar-refractivity contribution in [3.8, 4) is 0 Å². The van der Waals surface area contributed by atoms with Crippen LogP contribution in [0, 0.1) is 0 Å². The van der Waals surface area contributed by atoms with Crippen LogP contribution < -0.4 is 10.2 Å². The lowest BCUT2D eigenvalue weighted by atomic mass is 9.98. The summed E-state index contributed by atoms with van der Waals surface area (Å²) in [5.74, 6) is -0.315. The van der Waals surface area contributed by atoms with Crippen molar-refractivity contribution in [1.29, 1.82) is 0 Å². The molecule has 0 spiro atoms. The Morgan fingerprint density at radius 2 is 1.73 bits per heavy atom. The van der Waals surface area contributed by atoms with E-state index in [0.29, 0.717) is 16.8 Å². The number of rotatable bonds is 3. The summed E-state index contributed by atoms with van der Waals surface area (Å²) < 4.78 is 0. The number of anilines is 3. The first-order chi connectivity index (χ1) is 14.7. The number of carbonyl (C=O) groups is 1. The Hall–Kier alpha value is -4.12. The van der Waals surface area contributed by atoms with E-state index in [1.165, 1.54) is 0 Å². The third-order valence-electron chi connectivity index (χ3n) is 5.32. The number of aromatic nitrogens is 1. The van der Waals surface area contributed by atoms with Gasteiger partial charge in [-0.25, -0.2) is 0 Å². The summed E-state index contributed by atoms with van der Waals surface area (Å²) in [5, 5.41) is 15.7. The maximum Gasteiger partial charge on any atom is 0.257 e. The maximum atomic E-state index is 13.2. The van der Waals surface area contributed by atoms with Crippen LogP contribution in [0.3, 0.4) is 0 Å². The normalized spacial score (nSPS) is 13.3. The maximum absolute atomic E-state index is 13.2. The molecule has 1 aliphatic heterocycles. The van der Waals surface area contributed by atoms with Crippen LogP contribution in [-0.4, -0.2) is 22.5 Å². The third-order valence-corrected chi connectivity index (χ3v) is 5.32. The van der Waals surface area contributed by atoms with E-state index in [0.717, 1.165) is 22.1 Å². The van der Waals surface area contributed by atoms with Gasteiger partial charge in [0.05, 0.1) is 17.8 Å². The molecule has 5 nitrogen and oxygen atoms in total. The molecule has 3 aromatic carbocycles. The summed E-state index contributed by atoms with van der Waals surface area (Å²) >= 11 is 0. The Balaban J connectivity index is 1.55. The highest BCUT2D eigenvalue weighted by atomic mass is 16.3. The average molecular weight is 393 g/mol. The molecule has 2 N–H and O–H groups in total. The molecule has 0 atom stereocenters. The highest BCUT2D eigenvalue weighted by Crippen LogP contribution is 2.38. The molecule has 0 unspecified atom stereocenters. The van der Waals surface area contributed by atoms with Crippen molar-refractivity contribution < 1.29 is 9.90 Å². The second-order valence-corrected chi connectivity index (χ2v) is 7.12. The van der Waals surface area contributed by atoms with Gasteiger partial charge in [0.2, 0.25) is 0 Å². The smallest absolute Gasteiger partial charge is 0.257 e. The van der Waals surface area contributed by atoms with E-state index >= 15 is 0 Å². The number of benzene rings is 3. The highest BCUT2D eigenvalue weighted by molar-refractivity contribution is 6.13. The molecule has 1 amide bonds. The van der Waals surface area contributed by atoms with E-state index in [9.17, 15) is 9.90 Å². The van der Waals surface area contributed by atoms with Gasteiger partial charge in [-0.2, -0.15) is 0 Å². The minimum Gasteiger partial charge on any atom is -0.507 e. The first kappa shape index (κ1) is 17.9. The second kappa shape index (κ2) is 7.37. The Morgan fingerprint density at radius 1 is 0.933 bits per heavy atom. The number of nitrogens with one attached hydrogen (secondary N) is 1. The molecule has 0 aliphatic carbocycles. The molecule has 2 heterocycles. The molecule has 0 saturated carbocycles. The highest BCUT2D eigenvalue weighted by Gasteiger charge is 2.29. The monoisotopic (exact) mass is 393 g/mol. The van der Waals surface area contributed by atoms with Crippen LogP contribution in [0.15, 0.2) is 96.8 Å². The fraction of sp³-hybridized carbons (Fsp3) is 0.0400. The van der Waals surface area contributed by atoms with Crippen LogP contribution in [-0.2, 0) is 4.79 Å². The van der Waals surface area contributed by atoms with Gasteiger partial charge in [0.1, 0.15) is 5.76 Å². The van der Waals surface area contributed by atoms with Crippen LogP contribution in [0.4, 0.5) is 17.1 Å². The summed E-state index contributed by atoms with van der Waals surface area (Å²) in [6.45, 7) is 0.269. The summed E-state index contributed by atoms with van der Waals surface area (Å²) in [6.07, 6.45) is 3.46. The zero-order valence-corrected chi connectivity index (χ0v) is 16.1. The lowest BCUT2D eigenvalue weighted by molar-refractivity contribution is -0.112. The van der Waals surface area contributed by atoms with Crippen molar-refractivity contribution in [2.24, 2.45) is 0 Å². The Labute approximate surface area is 173 Å². The number of hydrogen-bond acceptors (Lipinski definition) is 4. The molecule has 146 valence electrons. The van der Waals surface area contributed by atoms with Gasteiger partial charge in [-0.15, -0.1) is 0 Å². The Kier molecular flexibility index (Phi) is 4.41. The van der Waals surface area contributed by atoms with E-state index < -0.39 is 0 Å². The number of aliphatic hydroxyl groups is 1. The lowest BCUT2D eigenvalue weighted by Gasteiger charge is -2.32. The van der Waals surface area contributed by atoms with E-state index in [-0.39, 0.29) is 18.2 Å². The molecular formula is C25H19N3O2. The minimum absolute atomic E-state index is 0.0113. The molecular weight excluding hydrogens is 374 g/mol. The molecule has 0 fully saturated rings. The molecule has 0 saturated heterocycles. The van der Waals surface area contributed by atoms with Gasteiger partial charge in [-0.05, 0) is 36.4 Å². The van der Waals surface area contributed by atoms with Crippen molar-refractivity contribution in [3.05, 3.63) is 102 Å². The number of hydrogen-bond donors (Lipinski definition) is 2. The van der Waals surface area contributed by atoms with Gasteiger partial charge in [0, 0.05) is 40.1 Å². The molecule has 1 aromatic heterocycles. The molecule has 5 rings (SSSR count). The summed E-state index contributed by atoms with van der Waals surface area (Å²) in [5.41, 5.74) is 3.47. The fourth-order valence-corrected chi connectivity index (χ4v) is 3.84.